The number of ether oxygens (including phenoxy) is 1. The molecule has 1 amide bonds. The predicted molar refractivity (Wildman–Crippen MR) is 95.6 cm³/mol. The summed E-state index contributed by atoms with van der Waals surface area (Å²) in [5.74, 6) is 0.343. The number of nitrogens with one attached hydrogen (secondary N) is 1. The zero-order chi connectivity index (χ0) is 17.2. The van der Waals surface area contributed by atoms with Gasteiger partial charge in [0.15, 0.2) is 0 Å². The van der Waals surface area contributed by atoms with Gasteiger partial charge in [-0.3, -0.25) is 4.79 Å². The van der Waals surface area contributed by atoms with E-state index in [4.69, 9.17) is 16.3 Å². The summed E-state index contributed by atoms with van der Waals surface area (Å²) in [6.45, 7) is 4.41. The summed E-state index contributed by atoms with van der Waals surface area (Å²) in [6, 6.07) is 1.88. The second-order valence-electron chi connectivity index (χ2n) is 7.80. The average Bonchev–Trinajstić information content (AvgIpc) is 2.89. The fraction of sp³-hybridized carbons (Fsp3) is 0.684. The molecule has 132 valence electrons. The van der Waals surface area contributed by atoms with Crippen LogP contribution in [0.15, 0.2) is 12.3 Å². The van der Waals surface area contributed by atoms with Crippen molar-refractivity contribution in [3.63, 3.8) is 0 Å². The summed E-state index contributed by atoms with van der Waals surface area (Å²) in [6.07, 6.45) is 10.9. The lowest BCUT2D eigenvalue weighted by Gasteiger charge is -2.27. The van der Waals surface area contributed by atoms with Crippen LogP contribution in [0.1, 0.15) is 75.6 Å². The van der Waals surface area contributed by atoms with E-state index in [1.165, 1.54) is 19.3 Å². The highest BCUT2D eigenvalue weighted by atomic mass is 35.5. The van der Waals surface area contributed by atoms with E-state index < -0.39 is 0 Å². The van der Waals surface area contributed by atoms with Crippen LogP contribution in [0.4, 0.5) is 0 Å². The van der Waals surface area contributed by atoms with Gasteiger partial charge in [-0.05, 0) is 50.0 Å². The summed E-state index contributed by atoms with van der Waals surface area (Å²) in [5.41, 5.74) is 0.649. The smallest absolute Gasteiger partial charge is 0.253 e. The minimum Gasteiger partial charge on any atom is -0.473 e. The number of halogens is 1. The zero-order valence-electron chi connectivity index (χ0n) is 14.6. The van der Waals surface area contributed by atoms with Gasteiger partial charge in [0, 0.05) is 12.2 Å². The maximum atomic E-state index is 12.5. The fourth-order valence-corrected chi connectivity index (χ4v) is 4.02. The second-order valence-corrected chi connectivity index (χ2v) is 8.20. The molecule has 2 aliphatic carbocycles. The highest BCUT2D eigenvalue weighted by molar-refractivity contribution is 6.32. The highest BCUT2D eigenvalue weighted by Crippen LogP contribution is 2.37. The molecule has 1 atom stereocenters. The quantitative estimate of drug-likeness (QED) is 0.852. The number of carbonyl (C=O) groups excluding carboxylic acids is 1. The molecule has 0 spiro atoms. The molecule has 1 unspecified atom stereocenters. The van der Waals surface area contributed by atoms with E-state index in [1.807, 2.05) is 0 Å². The Morgan fingerprint density at radius 1 is 1.25 bits per heavy atom. The molecular weight excluding hydrogens is 324 g/mol. The standard InChI is InChI=1S/C19H27ClN2O2/c1-19(2)10-6-9-16(19)22-17(23)13-11-15(20)18(21-12-13)24-14-7-4-3-5-8-14/h11-12,14,16H,3-10H2,1-2H3,(H,22,23). The minimum absolute atomic E-state index is 0.103. The topological polar surface area (TPSA) is 51.2 Å². The zero-order valence-corrected chi connectivity index (χ0v) is 15.4. The molecule has 0 aromatic carbocycles. The molecule has 0 aliphatic heterocycles. The van der Waals surface area contributed by atoms with Crippen LogP contribution in [0.3, 0.4) is 0 Å². The summed E-state index contributed by atoms with van der Waals surface area (Å²) in [5, 5.41) is 3.55. The Morgan fingerprint density at radius 3 is 2.62 bits per heavy atom. The number of carbonyl (C=O) groups is 1. The summed E-state index contributed by atoms with van der Waals surface area (Å²) in [7, 11) is 0. The lowest BCUT2D eigenvalue weighted by atomic mass is 9.87. The Hall–Kier alpha value is -1.29. The van der Waals surface area contributed by atoms with Gasteiger partial charge in [0.05, 0.1) is 5.56 Å². The molecule has 4 nitrogen and oxygen atoms in total. The lowest BCUT2D eigenvalue weighted by molar-refractivity contribution is 0.0909. The van der Waals surface area contributed by atoms with Crippen LogP contribution in [-0.4, -0.2) is 23.0 Å². The Morgan fingerprint density at radius 2 is 2.00 bits per heavy atom. The molecule has 2 saturated carbocycles. The summed E-state index contributed by atoms with van der Waals surface area (Å²) < 4.78 is 5.91. The van der Waals surface area contributed by atoms with Gasteiger partial charge < -0.3 is 10.1 Å². The van der Waals surface area contributed by atoms with Crippen molar-refractivity contribution in [1.82, 2.24) is 10.3 Å². The SMILES string of the molecule is CC1(C)CCCC1NC(=O)c1cnc(OC2CCCCC2)c(Cl)c1. The first-order valence-corrected chi connectivity index (χ1v) is 9.46. The fourth-order valence-electron chi connectivity index (χ4n) is 3.81. The highest BCUT2D eigenvalue weighted by Gasteiger charge is 2.35. The Labute approximate surface area is 149 Å². The third-order valence-electron chi connectivity index (χ3n) is 5.46. The van der Waals surface area contributed by atoms with Crippen LogP contribution < -0.4 is 10.1 Å². The molecule has 0 bridgehead atoms. The first-order valence-electron chi connectivity index (χ1n) is 9.09. The van der Waals surface area contributed by atoms with E-state index in [0.29, 0.717) is 16.5 Å². The van der Waals surface area contributed by atoms with Crippen LogP contribution >= 0.6 is 11.6 Å². The summed E-state index contributed by atoms with van der Waals surface area (Å²) >= 11 is 6.30. The summed E-state index contributed by atoms with van der Waals surface area (Å²) in [4.78, 5) is 16.8. The Bertz CT molecular complexity index is 597. The molecule has 5 heteroatoms. The van der Waals surface area contributed by atoms with Crippen molar-refractivity contribution < 1.29 is 9.53 Å². The molecule has 1 N–H and O–H groups in total. The number of rotatable bonds is 4. The van der Waals surface area contributed by atoms with Crippen LogP contribution in [0.2, 0.25) is 5.02 Å². The molecular formula is C19H27ClN2O2. The van der Waals surface area contributed by atoms with Crippen molar-refractivity contribution in [3.05, 3.63) is 22.8 Å². The van der Waals surface area contributed by atoms with Gasteiger partial charge in [-0.2, -0.15) is 0 Å². The number of hydrogen-bond donors (Lipinski definition) is 1. The predicted octanol–water partition coefficient (Wildman–Crippen LogP) is 4.76. The first kappa shape index (κ1) is 17.5. The van der Waals surface area contributed by atoms with Crippen LogP contribution in [0, 0.1) is 5.41 Å². The van der Waals surface area contributed by atoms with Gasteiger partial charge in [0.25, 0.3) is 5.91 Å². The normalized spacial score (nSPS) is 23.9. The number of amides is 1. The Balaban J connectivity index is 1.64. The van der Waals surface area contributed by atoms with Crippen LogP contribution in [0.25, 0.3) is 0 Å². The van der Waals surface area contributed by atoms with E-state index in [1.54, 1.807) is 12.3 Å². The molecule has 24 heavy (non-hydrogen) atoms. The molecule has 1 aromatic heterocycles. The van der Waals surface area contributed by atoms with Crippen molar-refractivity contribution in [2.24, 2.45) is 5.41 Å². The molecule has 0 radical (unpaired) electrons. The average molecular weight is 351 g/mol. The maximum Gasteiger partial charge on any atom is 0.253 e. The minimum atomic E-state index is -0.103. The van der Waals surface area contributed by atoms with E-state index in [9.17, 15) is 4.79 Å². The van der Waals surface area contributed by atoms with Crippen molar-refractivity contribution >= 4 is 17.5 Å². The van der Waals surface area contributed by atoms with E-state index in [2.05, 4.69) is 24.1 Å². The monoisotopic (exact) mass is 350 g/mol. The van der Waals surface area contributed by atoms with Crippen molar-refractivity contribution in [2.75, 3.05) is 0 Å². The van der Waals surface area contributed by atoms with E-state index in [0.717, 1.165) is 32.1 Å². The molecule has 3 rings (SSSR count). The second kappa shape index (κ2) is 7.30. The van der Waals surface area contributed by atoms with Crippen LogP contribution in [0.5, 0.6) is 5.88 Å². The van der Waals surface area contributed by atoms with Gasteiger partial charge in [0.1, 0.15) is 11.1 Å². The van der Waals surface area contributed by atoms with Crippen molar-refractivity contribution in [2.45, 2.75) is 77.4 Å². The number of aromatic nitrogens is 1. The Kier molecular flexibility index (Phi) is 5.33. The molecule has 1 heterocycles. The van der Waals surface area contributed by atoms with E-state index in [-0.39, 0.29) is 23.5 Å². The number of nitrogens with zero attached hydrogens (tertiary/aromatic N) is 1. The third-order valence-corrected chi connectivity index (χ3v) is 5.73. The third kappa shape index (κ3) is 4.02. The molecule has 1 aromatic rings. The van der Waals surface area contributed by atoms with Gasteiger partial charge in [-0.1, -0.05) is 38.3 Å². The van der Waals surface area contributed by atoms with Gasteiger partial charge >= 0.3 is 0 Å². The van der Waals surface area contributed by atoms with Gasteiger partial charge in [-0.15, -0.1) is 0 Å². The van der Waals surface area contributed by atoms with Gasteiger partial charge in [-0.25, -0.2) is 4.98 Å². The molecule has 0 saturated heterocycles. The number of pyridine rings is 1. The largest absolute Gasteiger partial charge is 0.473 e. The lowest BCUT2D eigenvalue weighted by Crippen LogP contribution is -2.41. The van der Waals surface area contributed by atoms with E-state index >= 15 is 0 Å². The van der Waals surface area contributed by atoms with Crippen molar-refractivity contribution in [3.8, 4) is 5.88 Å². The van der Waals surface area contributed by atoms with Gasteiger partial charge in [0.2, 0.25) is 5.88 Å². The van der Waals surface area contributed by atoms with Crippen molar-refractivity contribution in [1.29, 1.82) is 0 Å². The molecule has 2 fully saturated rings. The van der Waals surface area contributed by atoms with Crippen LogP contribution in [-0.2, 0) is 0 Å². The number of hydrogen-bond acceptors (Lipinski definition) is 3. The maximum absolute atomic E-state index is 12.5. The first-order chi connectivity index (χ1) is 11.5. The molecule has 2 aliphatic rings.